The Morgan fingerprint density at radius 1 is 1.21 bits per heavy atom. The van der Waals surface area contributed by atoms with E-state index in [1.165, 1.54) is 6.07 Å². The van der Waals surface area contributed by atoms with Crippen molar-refractivity contribution in [3.63, 3.8) is 0 Å². The van der Waals surface area contributed by atoms with Gasteiger partial charge in [0.25, 0.3) is 0 Å². The van der Waals surface area contributed by atoms with Crippen molar-refractivity contribution in [2.24, 2.45) is 0 Å². The molecule has 0 bridgehead atoms. The summed E-state index contributed by atoms with van der Waals surface area (Å²) < 4.78 is 0.148. The lowest BCUT2D eigenvalue weighted by Gasteiger charge is -2.04. The molecule has 0 saturated heterocycles. The van der Waals surface area contributed by atoms with Gasteiger partial charge in [-0.2, -0.15) is 0 Å². The highest BCUT2D eigenvalue weighted by Gasteiger charge is 2.19. The molecule has 1 aromatic carbocycles. The van der Waals surface area contributed by atoms with Gasteiger partial charge in [0.2, 0.25) is 0 Å². The Morgan fingerprint density at radius 2 is 1.79 bits per heavy atom. The van der Waals surface area contributed by atoms with Crippen LogP contribution in [-0.4, -0.2) is 22.2 Å². The highest BCUT2D eigenvalue weighted by atomic mass is 79.9. The summed E-state index contributed by atoms with van der Waals surface area (Å²) in [5, 5.41) is 17.6. The van der Waals surface area contributed by atoms with E-state index in [0.29, 0.717) is 0 Å². The normalized spacial score (nSPS) is 9.86. The fourth-order valence-electron chi connectivity index (χ4n) is 0.960. The van der Waals surface area contributed by atoms with Crippen molar-refractivity contribution in [2.45, 2.75) is 0 Å². The first-order valence-corrected chi connectivity index (χ1v) is 4.56. The third-order valence-corrected chi connectivity index (χ3v) is 2.34. The predicted octanol–water partition coefficient (Wildman–Crippen LogP) is 2.50. The number of rotatable bonds is 2. The minimum atomic E-state index is -1.33. The quantitative estimate of drug-likeness (QED) is 0.872. The van der Waals surface area contributed by atoms with E-state index in [4.69, 9.17) is 21.8 Å². The lowest BCUT2D eigenvalue weighted by molar-refractivity contribution is 0.0650. The number of carboxylic acid groups (broad SMARTS) is 2. The molecule has 0 spiro atoms. The average Bonchev–Trinajstić information content (AvgIpc) is 2.01. The number of carbonyl (C=O) groups is 2. The van der Waals surface area contributed by atoms with Crippen molar-refractivity contribution in [3.05, 3.63) is 32.8 Å². The second-order valence-electron chi connectivity index (χ2n) is 2.42. The number of carboxylic acids is 2. The zero-order chi connectivity index (χ0) is 10.9. The zero-order valence-electron chi connectivity index (χ0n) is 6.62. The van der Waals surface area contributed by atoms with Crippen LogP contribution in [0, 0.1) is 0 Å². The van der Waals surface area contributed by atoms with Crippen LogP contribution in [0.25, 0.3) is 0 Å². The molecule has 0 saturated carbocycles. The summed E-state index contributed by atoms with van der Waals surface area (Å²) in [5.74, 6) is -2.64. The lowest BCUT2D eigenvalue weighted by Crippen LogP contribution is -2.08. The van der Waals surface area contributed by atoms with E-state index in [-0.39, 0.29) is 20.6 Å². The molecule has 0 aliphatic rings. The summed E-state index contributed by atoms with van der Waals surface area (Å²) >= 11 is 8.52. The van der Waals surface area contributed by atoms with Crippen LogP contribution >= 0.6 is 27.5 Å². The summed E-state index contributed by atoms with van der Waals surface area (Å²) in [6.45, 7) is 0. The molecular weight excluding hydrogens is 275 g/mol. The van der Waals surface area contributed by atoms with Crippen LogP contribution in [0.3, 0.4) is 0 Å². The molecule has 0 radical (unpaired) electrons. The van der Waals surface area contributed by atoms with Crippen molar-refractivity contribution in [1.82, 2.24) is 0 Å². The van der Waals surface area contributed by atoms with Gasteiger partial charge in [-0.15, -0.1) is 0 Å². The largest absolute Gasteiger partial charge is 0.478 e. The van der Waals surface area contributed by atoms with Gasteiger partial charge in [0, 0.05) is 9.50 Å². The first-order chi connectivity index (χ1) is 6.43. The van der Waals surface area contributed by atoms with Crippen molar-refractivity contribution in [1.29, 1.82) is 0 Å². The van der Waals surface area contributed by atoms with E-state index in [2.05, 4.69) is 15.9 Å². The van der Waals surface area contributed by atoms with E-state index in [1.807, 2.05) is 0 Å². The molecule has 6 heteroatoms. The van der Waals surface area contributed by atoms with E-state index in [9.17, 15) is 9.59 Å². The van der Waals surface area contributed by atoms with Gasteiger partial charge < -0.3 is 10.2 Å². The molecule has 0 atom stereocenters. The van der Waals surface area contributed by atoms with Gasteiger partial charge in [-0.3, -0.25) is 0 Å². The van der Waals surface area contributed by atoms with E-state index in [1.54, 1.807) is 0 Å². The summed E-state index contributed by atoms with van der Waals surface area (Å²) in [6.07, 6.45) is 0. The number of hydrogen-bond acceptors (Lipinski definition) is 2. The van der Waals surface area contributed by atoms with E-state index in [0.717, 1.165) is 6.07 Å². The van der Waals surface area contributed by atoms with Gasteiger partial charge in [-0.25, -0.2) is 9.59 Å². The monoisotopic (exact) mass is 278 g/mol. The van der Waals surface area contributed by atoms with Crippen LogP contribution in [0.5, 0.6) is 0 Å². The van der Waals surface area contributed by atoms with E-state index < -0.39 is 11.9 Å². The Balaban J connectivity index is 3.52. The molecule has 0 unspecified atom stereocenters. The maximum absolute atomic E-state index is 10.7. The van der Waals surface area contributed by atoms with Crippen LogP contribution in [-0.2, 0) is 0 Å². The molecule has 1 rings (SSSR count). The minimum absolute atomic E-state index is 0.148. The highest BCUT2D eigenvalue weighted by molar-refractivity contribution is 9.10. The molecule has 0 aliphatic heterocycles. The zero-order valence-corrected chi connectivity index (χ0v) is 8.96. The van der Waals surface area contributed by atoms with E-state index >= 15 is 0 Å². The van der Waals surface area contributed by atoms with Gasteiger partial charge in [-0.1, -0.05) is 11.6 Å². The van der Waals surface area contributed by atoms with Crippen molar-refractivity contribution >= 4 is 39.5 Å². The Bertz CT molecular complexity index is 416. The fourth-order valence-corrected chi connectivity index (χ4v) is 1.94. The highest BCUT2D eigenvalue weighted by Crippen LogP contribution is 2.25. The molecule has 4 nitrogen and oxygen atoms in total. The maximum Gasteiger partial charge on any atom is 0.337 e. The van der Waals surface area contributed by atoms with Gasteiger partial charge in [-0.05, 0) is 28.1 Å². The standard InChI is InChI=1S/C8H4BrClO4/c9-5-2-3(10)1-4(7(11)12)6(5)8(13)14/h1-2H,(H,11,12)(H,13,14). The van der Waals surface area contributed by atoms with Gasteiger partial charge >= 0.3 is 11.9 Å². The molecule has 14 heavy (non-hydrogen) atoms. The number of aromatic carboxylic acids is 2. The first-order valence-electron chi connectivity index (χ1n) is 3.39. The average molecular weight is 279 g/mol. The summed E-state index contributed by atoms with van der Waals surface area (Å²) in [7, 11) is 0. The molecule has 0 aromatic heterocycles. The molecule has 0 heterocycles. The number of hydrogen-bond donors (Lipinski definition) is 2. The predicted molar refractivity (Wildman–Crippen MR) is 53.1 cm³/mol. The molecule has 1 aromatic rings. The van der Waals surface area contributed by atoms with Crippen LogP contribution < -0.4 is 0 Å². The second kappa shape index (κ2) is 3.98. The Labute approximate surface area is 92.2 Å². The molecule has 0 fully saturated rings. The molecule has 2 N–H and O–H groups in total. The minimum Gasteiger partial charge on any atom is -0.478 e. The van der Waals surface area contributed by atoms with Gasteiger partial charge in [0.1, 0.15) is 0 Å². The summed E-state index contributed by atoms with van der Waals surface area (Å²) in [4.78, 5) is 21.4. The first kappa shape index (κ1) is 11.0. The van der Waals surface area contributed by atoms with Crippen LogP contribution in [0.2, 0.25) is 5.02 Å². The third kappa shape index (κ3) is 2.05. The molecule has 0 aliphatic carbocycles. The third-order valence-electron chi connectivity index (χ3n) is 1.50. The van der Waals surface area contributed by atoms with Crippen LogP contribution in [0.15, 0.2) is 16.6 Å². The van der Waals surface area contributed by atoms with Crippen molar-refractivity contribution in [2.75, 3.05) is 0 Å². The summed E-state index contributed by atoms with van der Waals surface area (Å²) in [5.41, 5.74) is -0.640. The maximum atomic E-state index is 10.7. The Morgan fingerprint density at radius 3 is 2.21 bits per heavy atom. The number of halogens is 2. The SMILES string of the molecule is O=C(O)c1cc(Cl)cc(Br)c1C(=O)O. The summed E-state index contributed by atoms with van der Waals surface area (Å²) in [6, 6.07) is 2.43. The van der Waals surface area contributed by atoms with Crippen LogP contribution in [0.4, 0.5) is 0 Å². The molecule has 74 valence electrons. The molecular formula is C8H4BrClO4. The Hall–Kier alpha value is -1.07. The number of benzene rings is 1. The van der Waals surface area contributed by atoms with Gasteiger partial charge in [0.15, 0.2) is 0 Å². The van der Waals surface area contributed by atoms with Gasteiger partial charge in [0.05, 0.1) is 11.1 Å². The Kier molecular flexibility index (Phi) is 3.13. The van der Waals surface area contributed by atoms with Crippen molar-refractivity contribution in [3.8, 4) is 0 Å². The smallest absolute Gasteiger partial charge is 0.337 e. The lowest BCUT2D eigenvalue weighted by atomic mass is 10.1. The van der Waals surface area contributed by atoms with Crippen LogP contribution in [0.1, 0.15) is 20.7 Å². The molecule has 0 amide bonds. The van der Waals surface area contributed by atoms with Crippen molar-refractivity contribution < 1.29 is 19.8 Å². The fraction of sp³-hybridized carbons (Fsp3) is 0. The second-order valence-corrected chi connectivity index (χ2v) is 3.71. The topological polar surface area (TPSA) is 74.6 Å².